The molecule has 0 aliphatic heterocycles. The van der Waals surface area contributed by atoms with Crippen molar-refractivity contribution in [1.29, 1.82) is 0 Å². The molecule has 0 radical (unpaired) electrons. The number of nitrogens with two attached hydrogens (primary N) is 1. The van der Waals surface area contributed by atoms with Crippen molar-refractivity contribution >= 4 is 15.9 Å². The third kappa shape index (κ3) is 2.41. The summed E-state index contributed by atoms with van der Waals surface area (Å²) in [6.45, 7) is 0.206. The lowest BCUT2D eigenvalue weighted by Gasteiger charge is -2.09. The van der Waals surface area contributed by atoms with Crippen LogP contribution in [0.1, 0.15) is 11.3 Å². The molecule has 0 amide bonds. The number of benzene rings is 1. The molecular weight excluding hydrogens is 311 g/mol. The summed E-state index contributed by atoms with van der Waals surface area (Å²) in [7, 11) is 0. The van der Waals surface area contributed by atoms with Crippen LogP contribution in [-0.4, -0.2) is 9.78 Å². The number of alkyl halides is 3. The van der Waals surface area contributed by atoms with Crippen LogP contribution in [0.4, 0.5) is 13.2 Å². The van der Waals surface area contributed by atoms with Gasteiger partial charge in [0.2, 0.25) is 0 Å². The first-order valence-corrected chi connectivity index (χ1v) is 5.83. The lowest BCUT2D eigenvalue weighted by atomic mass is 10.2. The summed E-state index contributed by atoms with van der Waals surface area (Å²) in [5.41, 5.74) is 5.90. The molecule has 1 aromatic carbocycles. The Morgan fingerprint density at radius 1 is 1.28 bits per heavy atom. The molecule has 2 rings (SSSR count). The predicted octanol–water partition coefficient (Wildman–Crippen LogP) is 3.11. The van der Waals surface area contributed by atoms with Gasteiger partial charge in [-0.05, 0) is 18.2 Å². The SMILES string of the molecule is NCc1c(Br)cccc1-n1ccc(C(F)(F)F)n1. The maximum Gasteiger partial charge on any atom is 0.435 e. The molecule has 3 nitrogen and oxygen atoms in total. The smallest absolute Gasteiger partial charge is 0.326 e. The molecule has 18 heavy (non-hydrogen) atoms. The quantitative estimate of drug-likeness (QED) is 0.924. The van der Waals surface area contributed by atoms with E-state index in [2.05, 4.69) is 21.0 Å². The van der Waals surface area contributed by atoms with E-state index in [1.807, 2.05) is 0 Å². The fourth-order valence-corrected chi connectivity index (χ4v) is 2.09. The Bertz CT molecular complexity index is 563. The third-order valence-corrected chi connectivity index (χ3v) is 3.17. The molecule has 0 atom stereocenters. The Hall–Kier alpha value is -1.34. The van der Waals surface area contributed by atoms with Crippen LogP contribution in [-0.2, 0) is 12.7 Å². The van der Waals surface area contributed by atoms with Crippen molar-refractivity contribution in [3.05, 3.63) is 46.2 Å². The molecule has 0 fully saturated rings. The van der Waals surface area contributed by atoms with Crippen molar-refractivity contribution in [1.82, 2.24) is 9.78 Å². The molecule has 7 heteroatoms. The highest BCUT2D eigenvalue weighted by Crippen LogP contribution is 2.29. The van der Waals surface area contributed by atoms with Crippen molar-refractivity contribution in [2.75, 3.05) is 0 Å². The molecule has 0 saturated heterocycles. The maximum atomic E-state index is 12.5. The molecule has 1 aromatic heterocycles. The summed E-state index contributed by atoms with van der Waals surface area (Å²) in [5.74, 6) is 0. The van der Waals surface area contributed by atoms with Crippen LogP contribution in [0, 0.1) is 0 Å². The topological polar surface area (TPSA) is 43.8 Å². The highest BCUT2D eigenvalue weighted by Gasteiger charge is 2.33. The Kier molecular flexibility index (Phi) is 3.45. The van der Waals surface area contributed by atoms with E-state index in [1.54, 1.807) is 18.2 Å². The summed E-state index contributed by atoms with van der Waals surface area (Å²) in [6, 6.07) is 6.09. The van der Waals surface area contributed by atoms with Crippen LogP contribution < -0.4 is 5.73 Å². The standard InChI is InChI=1S/C11H9BrF3N3/c12-8-2-1-3-9(7(8)6-16)18-5-4-10(17-18)11(13,14)15/h1-5H,6,16H2. The second kappa shape index (κ2) is 4.74. The van der Waals surface area contributed by atoms with Gasteiger partial charge in [0.25, 0.3) is 0 Å². The second-order valence-corrected chi connectivity index (χ2v) is 4.44. The minimum atomic E-state index is -4.44. The summed E-state index contributed by atoms with van der Waals surface area (Å²) in [5, 5.41) is 3.52. The van der Waals surface area contributed by atoms with E-state index < -0.39 is 11.9 Å². The van der Waals surface area contributed by atoms with Crippen molar-refractivity contribution in [3.63, 3.8) is 0 Å². The van der Waals surface area contributed by atoms with Crippen LogP contribution in [0.25, 0.3) is 5.69 Å². The van der Waals surface area contributed by atoms with Crippen molar-refractivity contribution < 1.29 is 13.2 Å². The van der Waals surface area contributed by atoms with E-state index >= 15 is 0 Å². The van der Waals surface area contributed by atoms with E-state index in [1.165, 1.54) is 10.9 Å². The summed E-state index contributed by atoms with van der Waals surface area (Å²) in [6.07, 6.45) is -3.18. The van der Waals surface area contributed by atoms with Gasteiger partial charge in [-0.1, -0.05) is 22.0 Å². The maximum absolute atomic E-state index is 12.5. The average Bonchev–Trinajstić information content (AvgIpc) is 2.77. The van der Waals surface area contributed by atoms with Gasteiger partial charge >= 0.3 is 6.18 Å². The Morgan fingerprint density at radius 3 is 2.56 bits per heavy atom. The Balaban J connectivity index is 2.50. The molecule has 0 spiro atoms. The van der Waals surface area contributed by atoms with E-state index in [0.29, 0.717) is 11.3 Å². The lowest BCUT2D eigenvalue weighted by Crippen LogP contribution is -2.09. The summed E-state index contributed by atoms with van der Waals surface area (Å²) in [4.78, 5) is 0. The number of aromatic nitrogens is 2. The van der Waals surface area contributed by atoms with Gasteiger partial charge in [-0.3, -0.25) is 0 Å². The van der Waals surface area contributed by atoms with Crippen LogP contribution in [0.15, 0.2) is 34.9 Å². The molecule has 0 unspecified atom stereocenters. The fraction of sp³-hybridized carbons (Fsp3) is 0.182. The molecule has 1 heterocycles. The summed E-state index contributed by atoms with van der Waals surface area (Å²) >= 11 is 3.31. The molecule has 2 aromatic rings. The van der Waals surface area contributed by atoms with Crippen molar-refractivity contribution in [3.8, 4) is 5.69 Å². The predicted molar refractivity (Wildman–Crippen MR) is 64.2 cm³/mol. The number of halogens is 4. The average molecular weight is 320 g/mol. The van der Waals surface area contributed by atoms with Crippen LogP contribution in [0.2, 0.25) is 0 Å². The normalized spacial score (nSPS) is 11.8. The van der Waals surface area contributed by atoms with Gasteiger partial charge in [-0.2, -0.15) is 18.3 Å². The highest BCUT2D eigenvalue weighted by molar-refractivity contribution is 9.10. The van der Waals surface area contributed by atoms with Gasteiger partial charge in [-0.25, -0.2) is 4.68 Å². The van der Waals surface area contributed by atoms with E-state index in [9.17, 15) is 13.2 Å². The van der Waals surface area contributed by atoms with E-state index in [4.69, 9.17) is 5.73 Å². The zero-order valence-corrected chi connectivity index (χ0v) is 10.7. The molecule has 96 valence electrons. The molecule has 0 saturated carbocycles. The number of nitrogens with zero attached hydrogens (tertiary/aromatic N) is 2. The minimum absolute atomic E-state index is 0.206. The van der Waals surface area contributed by atoms with Gasteiger partial charge in [0.1, 0.15) is 0 Å². The fourth-order valence-electron chi connectivity index (χ4n) is 1.57. The highest BCUT2D eigenvalue weighted by atomic mass is 79.9. The Morgan fingerprint density at radius 2 is 2.00 bits per heavy atom. The van der Waals surface area contributed by atoms with Gasteiger partial charge in [0.15, 0.2) is 5.69 Å². The van der Waals surface area contributed by atoms with Crippen molar-refractivity contribution in [2.24, 2.45) is 5.73 Å². The second-order valence-electron chi connectivity index (χ2n) is 3.58. The number of hydrogen-bond acceptors (Lipinski definition) is 2. The van der Waals surface area contributed by atoms with E-state index in [0.717, 1.165) is 10.5 Å². The van der Waals surface area contributed by atoms with Gasteiger partial charge < -0.3 is 5.73 Å². The molecule has 0 aliphatic carbocycles. The zero-order chi connectivity index (χ0) is 13.3. The first kappa shape index (κ1) is 13.1. The van der Waals surface area contributed by atoms with Crippen molar-refractivity contribution in [2.45, 2.75) is 12.7 Å². The molecule has 0 bridgehead atoms. The number of rotatable bonds is 2. The van der Waals surface area contributed by atoms with Crippen LogP contribution in [0.3, 0.4) is 0 Å². The monoisotopic (exact) mass is 319 g/mol. The third-order valence-electron chi connectivity index (χ3n) is 2.42. The largest absolute Gasteiger partial charge is 0.435 e. The first-order chi connectivity index (χ1) is 8.43. The van der Waals surface area contributed by atoms with Gasteiger partial charge in [0.05, 0.1) is 5.69 Å². The van der Waals surface area contributed by atoms with Crippen LogP contribution >= 0.6 is 15.9 Å². The van der Waals surface area contributed by atoms with Gasteiger partial charge in [0, 0.05) is 22.8 Å². The van der Waals surface area contributed by atoms with Crippen LogP contribution in [0.5, 0.6) is 0 Å². The lowest BCUT2D eigenvalue weighted by molar-refractivity contribution is -0.141. The van der Waals surface area contributed by atoms with E-state index in [-0.39, 0.29) is 6.54 Å². The minimum Gasteiger partial charge on any atom is -0.326 e. The zero-order valence-electron chi connectivity index (χ0n) is 9.08. The molecule has 0 aliphatic rings. The first-order valence-electron chi connectivity index (χ1n) is 5.04. The summed E-state index contributed by atoms with van der Waals surface area (Å²) < 4.78 is 39.3. The molecular formula is C11H9BrF3N3. The number of hydrogen-bond donors (Lipinski definition) is 1. The Labute approximate surface area is 110 Å². The molecule has 2 N–H and O–H groups in total. The van der Waals surface area contributed by atoms with Gasteiger partial charge in [-0.15, -0.1) is 0 Å².